The monoisotopic (exact) mass is 307 g/mol. The molecule has 0 saturated carbocycles. The van der Waals surface area contributed by atoms with E-state index < -0.39 is 5.91 Å². The molecule has 23 heavy (non-hydrogen) atoms. The van der Waals surface area contributed by atoms with Crippen LogP contribution in [0.3, 0.4) is 0 Å². The van der Waals surface area contributed by atoms with Gasteiger partial charge in [-0.25, -0.2) is 0 Å². The number of hydrogen-bond acceptors (Lipinski definition) is 5. The van der Waals surface area contributed by atoms with E-state index in [0.29, 0.717) is 29.8 Å². The Kier molecular flexibility index (Phi) is 3.04. The third-order valence-electron chi connectivity index (χ3n) is 3.83. The minimum Gasteiger partial charge on any atom is -0.456 e. The maximum absolute atomic E-state index is 11.9. The molecule has 4 rings (SSSR count). The summed E-state index contributed by atoms with van der Waals surface area (Å²) in [5, 5.41) is 15.4. The Balaban J connectivity index is 1.83. The lowest BCUT2D eigenvalue weighted by atomic mass is 10.00. The maximum atomic E-state index is 11.9. The number of aryl methyl sites for hydroxylation is 2. The number of rotatable bonds is 4. The molecular weight excluding hydrogens is 294 g/mol. The third-order valence-corrected chi connectivity index (χ3v) is 3.83. The van der Waals surface area contributed by atoms with Gasteiger partial charge in [-0.05, 0) is 30.2 Å². The van der Waals surface area contributed by atoms with Crippen LogP contribution in [0.2, 0.25) is 0 Å². The fourth-order valence-corrected chi connectivity index (χ4v) is 2.79. The van der Waals surface area contributed by atoms with E-state index in [2.05, 4.69) is 20.6 Å². The molecule has 0 fully saturated rings. The van der Waals surface area contributed by atoms with Crippen LogP contribution in [0.25, 0.3) is 21.9 Å². The summed E-state index contributed by atoms with van der Waals surface area (Å²) >= 11 is 0. The van der Waals surface area contributed by atoms with Gasteiger partial charge in [0.2, 0.25) is 5.91 Å². The SMILES string of the molecule is NC(=O)c1cc(CCc2nn[nH]n2)cc2oc3ccccc3c12. The Labute approximate surface area is 130 Å². The molecule has 1 amide bonds. The molecule has 0 aliphatic carbocycles. The van der Waals surface area contributed by atoms with E-state index in [1.807, 2.05) is 36.4 Å². The Morgan fingerprint density at radius 3 is 2.83 bits per heavy atom. The highest BCUT2D eigenvalue weighted by atomic mass is 16.3. The predicted octanol–water partition coefficient (Wildman–Crippen LogP) is 1.98. The predicted molar refractivity (Wildman–Crippen MR) is 83.8 cm³/mol. The minimum absolute atomic E-state index is 0.468. The first kappa shape index (κ1) is 13.4. The van der Waals surface area contributed by atoms with Gasteiger partial charge in [0, 0.05) is 17.2 Å². The molecule has 0 radical (unpaired) electrons. The second-order valence-corrected chi connectivity index (χ2v) is 5.31. The molecule has 0 spiro atoms. The van der Waals surface area contributed by atoms with Crippen LogP contribution < -0.4 is 5.73 Å². The van der Waals surface area contributed by atoms with Gasteiger partial charge < -0.3 is 10.2 Å². The zero-order valence-corrected chi connectivity index (χ0v) is 12.1. The lowest BCUT2D eigenvalue weighted by molar-refractivity contribution is 0.100. The second kappa shape index (κ2) is 5.20. The van der Waals surface area contributed by atoms with Gasteiger partial charge in [0.25, 0.3) is 0 Å². The maximum Gasteiger partial charge on any atom is 0.249 e. The molecule has 2 heterocycles. The molecule has 114 valence electrons. The number of aromatic amines is 1. The average Bonchev–Trinajstić information content (AvgIpc) is 3.19. The number of nitrogens with one attached hydrogen (secondary N) is 1. The number of hydrogen-bond donors (Lipinski definition) is 2. The number of nitrogens with zero attached hydrogens (tertiary/aromatic N) is 3. The molecule has 3 N–H and O–H groups in total. The molecule has 2 aromatic carbocycles. The third kappa shape index (κ3) is 2.32. The van der Waals surface area contributed by atoms with Crippen LogP contribution in [-0.2, 0) is 12.8 Å². The molecule has 0 saturated heterocycles. The van der Waals surface area contributed by atoms with Gasteiger partial charge in [0.05, 0.1) is 5.56 Å². The van der Waals surface area contributed by atoms with Crippen molar-refractivity contribution >= 4 is 27.8 Å². The van der Waals surface area contributed by atoms with Crippen molar-refractivity contribution in [3.63, 3.8) is 0 Å². The molecule has 0 aliphatic heterocycles. The van der Waals surface area contributed by atoms with E-state index in [0.717, 1.165) is 21.9 Å². The molecule has 2 aromatic heterocycles. The first-order chi connectivity index (χ1) is 11.2. The summed E-state index contributed by atoms with van der Waals surface area (Å²) in [6.07, 6.45) is 1.27. The summed E-state index contributed by atoms with van der Waals surface area (Å²) in [5.74, 6) is 0.151. The lowest BCUT2D eigenvalue weighted by Gasteiger charge is -2.04. The van der Waals surface area contributed by atoms with Gasteiger partial charge in [0.1, 0.15) is 11.2 Å². The van der Waals surface area contributed by atoms with Crippen LogP contribution in [0, 0.1) is 0 Å². The summed E-state index contributed by atoms with van der Waals surface area (Å²) in [5.41, 5.74) is 8.37. The van der Waals surface area contributed by atoms with Gasteiger partial charge in [-0.1, -0.05) is 23.4 Å². The summed E-state index contributed by atoms with van der Waals surface area (Å²) in [4.78, 5) is 11.9. The van der Waals surface area contributed by atoms with E-state index in [1.54, 1.807) is 0 Å². The normalized spacial score (nSPS) is 11.3. The van der Waals surface area contributed by atoms with Crippen LogP contribution in [0.15, 0.2) is 40.8 Å². The summed E-state index contributed by atoms with van der Waals surface area (Å²) in [6.45, 7) is 0. The van der Waals surface area contributed by atoms with E-state index in [4.69, 9.17) is 10.2 Å². The highest BCUT2D eigenvalue weighted by Crippen LogP contribution is 2.32. The first-order valence-corrected chi connectivity index (χ1v) is 7.18. The fraction of sp³-hybridized carbons (Fsp3) is 0.125. The Hall–Kier alpha value is -3.22. The number of carbonyl (C=O) groups excluding carboxylic acids is 1. The fourth-order valence-electron chi connectivity index (χ4n) is 2.79. The minimum atomic E-state index is -0.469. The largest absolute Gasteiger partial charge is 0.456 e. The van der Waals surface area contributed by atoms with Gasteiger partial charge in [-0.2, -0.15) is 5.21 Å². The number of furan rings is 1. The van der Waals surface area contributed by atoms with Crippen molar-refractivity contribution in [3.05, 3.63) is 53.3 Å². The standard InChI is InChI=1S/C16H13N5O2/c17-16(22)11-7-9(5-6-14-18-20-21-19-14)8-13-15(11)10-3-1-2-4-12(10)23-13/h1-4,7-8H,5-6H2,(H2,17,22)(H,18,19,20,21). The molecular formula is C16H13N5O2. The average molecular weight is 307 g/mol. The zero-order valence-electron chi connectivity index (χ0n) is 12.1. The number of para-hydroxylation sites is 1. The molecule has 4 aromatic rings. The van der Waals surface area contributed by atoms with E-state index in [-0.39, 0.29) is 0 Å². The van der Waals surface area contributed by atoms with Gasteiger partial charge in [0.15, 0.2) is 5.82 Å². The number of nitrogens with two attached hydrogens (primary N) is 1. The Morgan fingerprint density at radius 1 is 1.17 bits per heavy atom. The Morgan fingerprint density at radius 2 is 2.04 bits per heavy atom. The van der Waals surface area contributed by atoms with Crippen molar-refractivity contribution in [3.8, 4) is 0 Å². The molecule has 7 nitrogen and oxygen atoms in total. The van der Waals surface area contributed by atoms with Crippen molar-refractivity contribution in [2.75, 3.05) is 0 Å². The number of primary amides is 1. The van der Waals surface area contributed by atoms with Crippen molar-refractivity contribution in [2.45, 2.75) is 12.8 Å². The molecule has 0 unspecified atom stereocenters. The molecule has 7 heteroatoms. The van der Waals surface area contributed by atoms with Crippen LogP contribution in [-0.4, -0.2) is 26.5 Å². The van der Waals surface area contributed by atoms with Gasteiger partial charge >= 0.3 is 0 Å². The molecule has 0 atom stereocenters. The molecule has 0 aliphatic rings. The number of fused-ring (bicyclic) bond motifs is 3. The topological polar surface area (TPSA) is 111 Å². The van der Waals surface area contributed by atoms with Crippen molar-refractivity contribution in [1.82, 2.24) is 20.6 Å². The smallest absolute Gasteiger partial charge is 0.249 e. The number of carbonyl (C=O) groups is 1. The van der Waals surface area contributed by atoms with Gasteiger partial charge in [-0.3, -0.25) is 4.79 Å². The number of aromatic nitrogens is 4. The number of benzene rings is 2. The van der Waals surface area contributed by atoms with Crippen molar-refractivity contribution in [2.24, 2.45) is 5.73 Å². The second-order valence-electron chi connectivity index (χ2n) is 5.31. The van der Waals surface area contributed by atoms with Crippen LogP contribution in [0.5, 0.6) is 0 Å². The van der Waals surface area contributed by atoms with Crippen molar-refractivity contribution < 1.29 is 9.21 Å². The lowest BCUT2D eigenvalue weighted by Crippen LogP contribution is -2.12. The van der Waals surface area contributed by atoms with E-state index in [9.17, 15) is 4.79 Å². The number of tetrazole rings is 1. The highest BCUT2D eigenvalue weighted by Gasteiger charge is 2.16. The molecule has 0 bridgehead atoms. The van der Waals surface area contributed by atoms with Crippen molar-refractivity contribution in [1.29, 1.82) is 0 Å². The van der Waals surface area contributed by atoms with E-state index in [1.165, 1.54) is 0 Å². The summed E-state index contributed by atoms with van der Waals surface area (Å²) < 4.78 is 5.86. The number of amides is 1. The number of H-pyrrole nitrogens is 1. The van der Waals surface area contributed by atoms with Crippen LogP contribution in [0.1, 0.15) is 21.7 Å². The van der Waals surface area contributed by atoms with Gasteiger partial charge in [-0.15, -0.1) is 10.2 Å². The zero-order chi connectivity index (χ0) is 15.8. The highest BCUT2D eigenvalue weighted by molar-refractivity contribution is 6.16. The first-order valence-electron chi connectivity index (χ1n) is 7.18. The van der Waals surface area contributed by atoms with E-state index >= 15 is 0 Å². The Bertz CT molecular complexity index is 1000. The van der Waals surface area contributed by atoms with Crippen LogP contribution >= 0.6 is 0 Å². The summed E-state index contributed by atoms with van der Waals surface area (Å²) in [6, 6.07) is 11.3. The summed E-state index contributed by atoms with van der Waals surface area (Å²) in [7, 11) is 0. The quantitative estimate of drug-likeness (QED) is 0.599. The van der Waals surface area contributed by atoms with Crippen LogP contribution in [0.4, 0.5) is 0 Å².